The normalized spacial score (nSPS) is 12.7. The molecule has 0 radical (unpaired) electrons. The maximum Gasteiger partial charge on any atom is 0.321 e. The van der Waals surface area contributed by atoms with Crippen LogP contribution >= 0.6 is 0 Å². The molecule has 24 heteroatoms. The summed E-state index contributed by atoms with van der Waals surface area (Å²) in [5, 5.41) is 57.3. The number of amides is 1. The minimum atomic E-state index is -1.29. The molecule has 1 rings (SSSR count). The Hall–Kier alpha value is -5.27. The average Bonchev–Trinajstić information content (AvgIpc) is 3.52. The van der Waals surface area contributed by atoms with Crippen molar-refractivity contribution >= 4 is 47.7 Å². The number of nitrogens with zero attached hydrogens (tertiary/aromatic N) is 1. The number of primary amides is 1. The van der Waals surface area contributed by atoms with Gasteiger partial charge in [-0.05, 0) is 32.2 Å². The molecule has 288 valence electrons. The third-order valence-electron chi connectivity index (χ3n) is 5.32. The van der Waals surface area contributed by atoms with E-state index in [9.17, 15) is 38.4 Å². The number of aromatic nitrogens is 2. The topological polar surface area (TPSA) is 489 Å². The number of carbonyl (C=O) groups excluding carboxylic acids is 1. The van der Waals surface area contributed by atoms with Gasteiger partial charge in [0.1, 0.15) is 30.2 Å². The molecule has 1 aromatic heterocycles. The zero-order valence-electron chi connectivity index (χ0n) is 27.0. The van der Waals surface area contributed by atoms with Crippen LogP contribution in [0.3, 0.4) is 0 Å². The van der Waals surface area contributed by atoms with Gasteiger partial charge in [-0.15, -0.1) is 0 Å². The lowest BCUT2D eigenvalue weighted by atomic mass is 10.1. The Morgan fingerprint density at radius 1 is 0.600 bits per heavy atom. The lowest BCUT2D eigenvalue weighted by Gasteiger charge is -2.03. The van der Waals surface area contributed by atoms with E-state index in [0.717, 1.165) is 18.5 Å². The molecule has 0 aliphatic rings. The fourth-order valence-corrected chi connectivity index (χ4v) is 2.45. The first kappa shape index (κ1) is 51.6. The number of nitrogens with one attached hydrogen (secondary N) is 1. The summed E-state index contributed by atoms with van der Waals surface area (Å²) in [4.78, 5) is 86.5. The minimum absolute atomic E-state index is 0.0213. The first-order chi connectivity index (χ1) is 23.0. The van der Waals surface area contributed by atoms with Crippen molar-refractivity contribution in [3.8, 4) is 0 Å². The van der Waals surface area contributed by atoms with Gasteiger partial charge >= 0.3 is 41.8 Å². The summed E-state index contributed by atoms with van der Waals surface area (Å²) in [7, 11) is 0. The van der Waals surface area contributed by atoms with Crippen molar-refractivity contribution in [2.45, 2.75) is 88.0 Å². The van der Waals surface area contributed by atoms with Crippen LogP contribution in [-0.4, -0.2) is 130 Å². The summed E-state index contributed by atoms with van der Waals surface area (Å²) in [6.07, 6.45) is 4.87. The molecule has 0 saturated carbocycles. The van der Waals surface area contributed by atoms with Gasteiger partial charge < -0.3 is 80.9 Å². The molecule has 50 heavy (non-hydrogen) atoms. The molecule has 1 aromatic rings. The highest BCUT2D eigenvalue weighted by molar-refractivity contribution is 5.80. The number of aliphatic carboxylic acids is 7. The van der Waals surface area contributed by atoms with Gasteiger partial charge in [0, 0.05) is 31.2 Å². The Morgan fingerprint density at radius 2 is 1.02 bits per heavy atom. The van der Waals surface area contributed by atoms with Crippen LogP contribution in [-0.2, 0) is 44.8 Å². The summed E-state index contributed by atoms with van der Waals surface area (Å²) in [5.74, 6) is -8.27. The number of rotatable bonds is 19. The molecule has 22 N–H and O–H groups in total. The fraction of sp³-hybridized carbons (Fsp3) is 0.577. The molecule has 0 saturated heterocycles. The van der Waals surface area contributed by atoms with Crippen molar-refractivity contribution in [2.24, 2.45) is 40.1 Å². The van der Waals surface area contributed by atoms with E-state index < -0.39 is 84.3 Å². The first-order valence-electron chi connectivity index (χ1n) is 14.3. The standard InChI is InChI=1S/C6H9N3O2.C6H14N2O2.C5H10N2O3.C5H9NO4.C4H7NO4/c7-5(6(10)11)1-4-2-8-3-9-4;7-4-2-1-3-5(8)6(9)10;2*6-3(5(9)10)1-2-4(7)8;5-2(4(8)9)1-3(6)7/h2-3,5H,1,7H2,(H,8,9)(H,10,11);5H,1-4,7-8H2,(H,9,10);3H,1-2,6H2,(H2,7,8)(H,9,10);3H,1-2,6H2,(H,7,8)(H,9,10);2H,1,5H2,(H,6,7)(H,8,9). The van der Waals surface area contributed by atoms with E-state index >= 15 is 0 Å². The molecule has 5 atom stereocenters. The minimum Gasteiger partial charge on any atom is -0.481 e. The first-order valence-corrected chi connectivity index (χ1v) is 14.3. The Labute approximate surface area is 285 Å². The highest BCUT2D eigenvalue weighted by atomic mass is 16.4. The molecule has 0 aliphatic heterocycles. The lowest BCUT2D eigenvalue weighted by molar-refractivity contribution is -0.144. The molecule has 1 heterocycles. The van der Waals surface area contributed by atoms with Crippen molar-refractivity contribution in [1.82, 2.24) is 9.97 Å². The number of hydrogen-bond donors (Lipinski definition) is 15. The molecule has 5 unspecified atom stereocenters. The van der Waals surface area contributed by atoms with Crippen molar-refractivity contribution in [1.29, 1.82) is 0 Å². The van der Waals surface area contributed by atoms with Crippen LogP contribution in [0.25, 0.3) is 0 Å². The Kier molecular flexibility index (Phi) is 32.0. The summed E-state index contributed by atoms with van der Waals surface area (Å²) >= 11 is 0. The third-order valence-corrected chi connectivity index (χ3v) is 5.32. The highest BCUT2D eigenvalue weighted by Gasteiger charge is 2.15. The van der Waals surface area contributed by atoms with Crippen LogP contribution in [0.2, 0.25) is 0 Å². The monoisotopic (exact) mass is 727 g/mol. The second-order valence-corrected chi connectivity index (χ2v) is 9.82. The maximum absolute atomic E-state index is 10.3. The summed E-state index contributed by atoms with van der Waals surface area (Å²) in [5.41, 5.74) is 36.1. The van der Waals surface area contributed by atoms with E-state index in [2.05, 4.69) is 9.97 Å². The second kappa shape index (κ2) is 31.0. The fourth-order valence-electron chi connectivity index (χ4n) is 2.45. The van der Waals surface area contributed by atoms with Gasteiger partial charge in [-0.1, -0.05) is 6.42 Å². The maximum atomic E-state index is 10.3. The smallest absolute Gasteiger partial charge is 0.321 e. The van der Waals surface area contributed by atoms with E-state index in [1.807, 2.05) is 0 Å². The van der Waals surface area contributed by atoms with Gasteiger partial charge in [-0.2, -0.15) is 0 Å². The zero-order chi connectivity index (χ0) is 40.0. The average molecular weight is 728 g/mol. The number of carboxylic acid groups (broad SMARTS) is 7. The van der Waals surface area contributed by atoms with Crippen molar-refractivity contribution in [3.63, 3.8) is 0 Å². The molecule has 24 nitrogen and oxygen atoms in total. The van der Waals surface area contributed by atoms with Crippen LogP contribution in [0, 0.1) is 0 Å². The Bertz CT molecular complexity index is 1140. The van der Waals surface area contributed by atoms with Crippen molar-refractivity contribution in [3.05, 3.63) is 18.2 Å². The van der Waals surface area contributed by atoms with E-state index in [1.165, 1.54) is 6.33 Å². The third kappa shape index (κ3) is 37.2. The van der Waals surface area contributed by atoms with Crippen LogP contribution < -0.4 is 40.1 Å². The number of imidazole rings is 1. The molecule has 1 amide bonds. The van der Waals surface area contributed by atoms with E-state index in [-0.39, 0.29) is 32.1 Å². The summed E-state index contributed by atoms with van der Waals surface area (Å²) < 4.78 is 0. The number of nitrogens with two attached hydrogens (primary N) is 7. The SMILES string of the molecule is NC(=O)CCC(N)C(=O)O.NC(CC(=O)O)C(=O)O.NC(CCC(=O)O)C(=O)O.NC(Cc1cnc[nH]1)C(=O)O.NCCCCC(N)C(=O)O. The molecule has 0 aromatic carbocycles. The molecule has 0 spiro atoms. The van der Waals surface area contributed by atoms with E-state index in [4.69, 9.17) is 75.9 Å². The van der Waals surface area contributed by atoms with Crippen molar-refractivity contribution < 1.29 is 74.1 Å². The molecular weight excluding hydrogens is 678 g/mol. The molecule has 0 aliphatic carbocycles. The van der Waals surface area contributed by atoms with Gasteiger partial charge in [0.2, 0.25) is 5.91 Å². The van der Waals surface area contributed by atoms with Crippen LogP contribution in [0.5, 0.6) is 0 Å². The zero-order valence-corrected chi connectivity index (χ0v) is 27.0. The predicted octanol–water partition coefficient (Wildman–Crippen LogP) is -4.31. The second-order valence-electron chi connectivity index (χ2n) is 9.82. The van der Waals surface area contributed by atoms with Crippen molar-refractivity contribution in [2.75, 3.05) is 6.54 Å². The Morgan fingerprint density at radius 3 is 1.32 bits per heavy atom. The number of aromatic amines is 1. The van der Waals surface area contributed by atoms with Crippen LogP contribution in [0.1, 0.15) is 57.1 Å². The predicted molar refractivity (Wildman–Crippen MR) is 171 cm³/mol. The highest BCUT2D eigenvalue weighted by Crippen LogP contribution is 1.97. The van der Waals surface area contributed by atoms with Gasteiger partial charge in [0.25, 0.3) is 0 Å². The van der Waals surface area contributed by atoms with Gasteiger partial charge in [0.05, 0.1) is 12.7 Å². The number of carboxylic acids is 7. The van der Waals surface area contributed by atoms with Crippen LogP contribution in [0.4, 0.5) is 0 Å². The number of H-pyrrole nitrogens is 1. The number of carbonyl (C=O) groups is 8. The molecular formula is C26H49N9O15. The van der Waals surface area contributed by atoms with Crippen LogP contribution in [0.15, 0.2) is 12.5 Å². The molecule has 0 bridgehead atoms. The van der Waals surface area contributed by atoms with Gasteiger partial charge in [-0.3, -0.25) is 38.4 Å². The Balaban J connectivity index is -0.000000265. The number of hydrogen-bond acceptors (Lipinski definition) is 15. The lowest BCUT2D eigenvalue weighted by Crippen LogP contribution is -2.32. The summed E-state index contributed by atoms with van der Waals surface area (Å²) in [6.45, 7) is 0.604. The quantitative estimate of drug-likeness (QED) is 0.0599. The van der Waals surface area contributed by atoms with Gasteiger partial charge in [-0.25, -0.2) is 4.98 Å². The number of unbranched alkanes of at least 4 members (excludes halogenated alkanes) is 1. The largest absolute Gasteiger partial charge is 0.481 e. The van der Waals surface area contributed by atoms with Gasteiger partial charge in [0.15, 0.2) is 0 Å². The molecule has 0 fully saturated rings. The van der Waals surface area contributed by atoms with E-state index in [1.54, 1.807) is 6.20 Å². The van der Waals surface area contributed by atoms with E-state index in [0.29, 0.717) is 13.0 Å². The summed E-state index contributed by atoms with van der Waals surface area (Å²) in [6, 6.07) is -4.90.